The minimum atomic E-state index is -0.737. The molecule has 0 saturated carbocycles. The van der Waals surface area contributed by atoms with Crippen LogP contribution in [0.1, 0.15) is 204 Å². The Bertz CT molecular complexity index is 4190. The Balaban J connectivity index is 0.00001000. The predicted octanol–water partition coefficient (Wildman–Crippen LogP) is 22.6. The third-order valence-corrected chi connectivity index (χ3v) is 16.2. The molecule has 5 nitrogen and oxygen atoms in total. The van der Waals surface area contributed by atoms with Crippen LogP contribution in [-0.2, 0) is 62.0 Å². The number of aromatic nitrogens is 2. The second-order valence-electron chi connectivity index (χ2n) is 27.9. The monoisotopic (exact) mass is 1320 g/mol. The second-order valence-corrected chi connectivity index (χ2v) is 27.9. The van der Waals surface area contributed by atoms with Gasteiger partial charge in [-0.05, 0) is 151 Å². The Morgan fingerprint density at radius 1 is 0.600 bits per heavy atom. The number of rotatable bonds is 18. The number of aryl methyl sites for hydroxylation is 2. The molecule has 10 rings (SSSR count). The molecule has 7 aromatic carbocycles. The van der Waals surface area contributed by atoms with Gasteiger partial charge in [0.2, 0.25) is 0 Å². The van der Waals surface area contributed by atoms with E-state index in [1.54, 1.807) is 0 Å². The maximum atomic E-state index is 10.3. The zero-order chi connectivity index (χ0) is 66.0. The van der Waals surface area contributed by atoms with Crippen LogP contribution in [0.15, 0.2) is 139 Å². The van der Waals surface area contributed by atoms with Crippen molar-refractivity contribution in [2.24, 2.45) is 5.92 Å². The van der Waals surface area contributed by atoms with Crippen LogP contribution in [0.2, 0.25) is 0 Å². The van der Waals surface area contributed by atoms with E-state index in [2.05, 4.69) is 102 Å². The van der Waals surface area contributed by atoms with E-state index in [9.17, 15) is 9.60 Å². The molecule has 6 heteroatoms. The van der Waals surface area contributed by atoms with Crippen molar-refractivity contribution in [3.05, 3.63) is 197 Å². The summed E-state index contributed by atoms with van der Waals surface area (Å²) < 4.78 is 78.0. The van der Waals surface area contributed by atoms with E-state index in [0.717, 1.165) is 64.9 Å². The standard InChI is InChI=1S/C79H93N4O.Pt/c1-17-19-20-21-22-23-29-55-36-39-71-74(65(55)28-18-2)66-38-37-64(51-72(66)83(71)73-49-59(40-41-80-73)77(8,9)10)84-63-33-27-32-62(50-63)81-52-82(70-35-25-24-34-69(70)81)75-67(56-30-26-31-58(45-56)76(5,6)7)43-54(42-53(3)4)44-68(75)57-46-60(78(11,12)13)48-61(47-57)79(14,15)16;/h24-27,30-41,43-49,52-53H,17-23,28-29,42H2,1-16H3;/q-3;/i26D,30D,31D,45D,46D,47D,48D;. The molecule has 2 aromatic heterocycles. The van der Waals surface area contributed by atoms with Crippen LogP contribution in [0.3, 0.4) is 0 Å². The van der Waals surface area contributed by atoms with Crippen molar-refractivity contribution in [1.82, 2.24) is 9.55 Å². The van der Waals surface area contributed by atoms with Gasteiger partial charge in [0.05, 0.1) is 9.60 Å². The summed E-state index contributed by atoms with van der Waals surface area (Å²) in [6.07, 6.45) is 13.0. The number of nitrogens with zero attached hydrogens (tertiary/aromatic N) is 4. The van der Waals surface area contributed by atoms with Gasteiger partial charge in [-0.2, -0.15) is 12.1 Å². The van der Waals surface area contributed by atoms with Crippen LogP contribution in [-0.4, -0.2) is 9.55 Å². The summed E-state index contributed by atoms with van der Waals surface area (Å²) in [5.74, 6) is 1.97. The molecular formula is C79H93N4OPt-3. The van der Waals surface area contributed by atoms with Crippen LogP contribution >= 0.6 is 0 Å². The molecule has 0 bridgehead atoms. The zero-order valence-electron chi connectivity index (χ0n) is 60.5. The van der Waals surface area contributed by atoms with Crippen molar-refractivity contribution in [1.29, 1.82) is 0 Å². The van der Waals surface area contributed by atoms with Gasteiger partial charge in [0.25, 0.3) is 0 Å². The Morgan fingerprint density at radius 3 is 1.89 bits per heavy atom. The van der Waals surface area contributed by atoms with Gasteiger partial charge in [-0.25, -0.2) is 4.98 Å². The summed E-state index contributed by atoms with van der Waals surface area (Å²) in [5.41, 5.74) is 10.3. The van der Waals surface area contributed by atoms with Gasteiger partial charge in [-0.3, -0.25) is 0 Å². The molecule has 448 valence electrons. The number of unbranched alkanes of at least 4 members (excludes halogenated alkanes) is 5. The molecule has 0 saturated heterocycles. The quantitative estimate of drug-likeness (QED) is 0.0633. The zero-order valence-corrected chi connectivity index (χ0v) is 55.7. The summed E-state index contributed by atoms with van der Waals surface area (Å²) in [6.45, 7) is 35.3. The van der Waals surface area contributed by atoms with Gasteiger partial charge in [-0.1, -0.05) is 215 Å². The molecule has 85 heavy (non-hydrogen) atoms. The average molecular weight is 1320 g/mol. The molecule has 9 aromatic rings. The van der Waals surface area contributed by atoms with Gasteiger partial charge < -0.3 is 19.1 Å². The molecule has 3 heterocycles. The van der Waals surface area contributed by atoms with Gasteiger partial charge in [-0.15, -0.1) is 48.1 Å². The van der Waals surface area contributed by atoms with Crippen molar-refractivity contribution in [3.63, 3.8) is 0 Å². The number of fused-ring (bicyclic) bond motifs is 4. The molecule has 1 aliphatic heterocycles. The third kappa shape index (κ3) is 13.7. The number of benzene rings is 7. The molecule has 0 amide bonds. The van der Waals surface area contributed by atoms with Crippen LogP contribution in [0, 0.1) is 24.7 Å². The molecule has 0 fully saturated rings. The van der Waals surface area contributed by atoms with Gasteiger partial charge >= 0.3 is 0 Å². The van der Waals surface area contributed by atoms with Gasteiger partial charge in [0, 0.05) is 72.5 Å². The van der Waals surface area contributed by atoms with E-state index in [0.29, 0.717) is 62.7 Å². The minimum Gasteiger partial charge on any atom is -0.509 e. The van der Waals surface area contributed by atoms with E-state index < -0.39 is 16.2 Å². The fraction of sp³-hybridized carbons (Fsp3) is 0.392. The fourth-order valence-corrected chi connectivity index (χ4v) is 11.7. The first-order valence-corrected chi connectivity index (χ1v) is 31.0. The minimum absolute atomic E-state index is 0. The van der Waals surface area contributed by atoms with Crippen molar-refractivity contribution < 1.29 is 35.4 Å². The number of anilines is 4. The van der Waals surface area contributed by atoms with E-state index in [4.69, 9.17) is 9.72 Å². The second kappa shape index (κ2) is 25.5. The number of hydrogen-bond acceptors (Lipinski definition) is 4. The molecule has 1 aliphatic rings. The Labute approximate surface area is 535 Å². The Hall–Kier alpha value is -6.42. The molecule has 0 spiro atoms. The van der Waals surface area contributed by atoms with Crippen molar-refractivity contribution in [3.8, 4) is 39.6 Å². The first-order chi connectivity index (χ1) is 42.9. The number of para-hydroxylation sites is 2. The number of ether oxygens (including phenoxy) is 1. The predicted molar refractivity (Wildman–Crippen MR) is 360 cm³/mol. The maximum Gasteiger partial charge on any atom is 0.135 e. The summed E-state index contributed by atoms with van der Waals surface area (Å²) in [6, 6.07) is 38.1. The summed E-state index contributed by atoms with van der Waals surface area (Å²) >= 11 is 0. The molecule has 0 N–H and O–H groups in total. The van der Waals surface area contributed by atoms with E-state index >= 15 is 0 Å². The number of pyridine rings is 1. The van der Waals surface area contributed by atoms with Crippen LogP contribution in [0.5, 0.6) is 11.5 Å². The van der Waals surface area contributed by atoms with E-state index in [1.807, 2.05) is 140 Å². The van der Waals surface area contributed by atoms with Crippen molar-refractivity contribution in [2.45, 2.75) is 197 Å². The Kier molecular flexibility index (Phi) is 16.2. The first kappa shape index (κ1) is 54.0. The largest absolute Gasteiger partial charge is 0.509 e. The average Bonchev–Trinajstić information content (AvgIpc) is 1.21. The van der Waals surface area contributed by atoms with E-state index in [1.165, 1.54) is 54.2 Å². The molecule has 0 unspecified atom stereocenters. The first-order valence-electron chi connectivity index (χ1n) is 34.5. The van der Waals surface area contributed by atoms with Crippen LogP contribution in [0.4, 0.5) is 22.7 Å². The topological polar surface area (TPSA) is 33.5 Å². The molecule has 0 radical (unpaired) electrons. The maximum absolute atomic E-state index is 10.3. The van der Waals surface area contributed by atoms with Crippen LogP contribution in [0.25, 0.3) is 49.9 Å². The Morgan fingerprint density at radius 2 is 1.24 bits per heavy atom. The van der Waals surface area contributed by atoms with E-state index in [-0.39, 0.29) is 80.3 Å². The van der Waals surface area contributed by atoms with Crippen LogP contribution < -0.4 is 14.5 Å². The van der Waals surface area contributed by atoms with Gasteiger partial charge in [0.1, 0.15) is 5.82 Å². The normalized spacial score (nSPS) is 14.2. The summed E-state index contributed by atoms with van der Waals surface area (Å²) in [7, 11) is 0. The van der Waals surface area contributed by atoms with Crippen molar-refractivity contribution >= 4 is 44.6 Å². The third-order valence-electron chi connectivity index (χ3n) is 16.2. The number of hydrogen-bond donors (Lipinski definition) is 0. The van der Waals surface area contributed by atoms with Gasteiger partial charge in [0.15, 0.2) is 0 Å². The molecular weight excluding hydrogens is 1220 g/mol. The molecule has 0 aliphatic carbocycles. The summed E-state index contributed by atoms with van der Waals surface area (Å²) in [4.78, 5) is 9.12. The SMILES string of the molecule is [2H]c1c([2H])c(-c2cc(CC(C)C)cc(-c3c([2H])c(C(C)(C)C)c([2H])c(C(C)(C)C)c3[2H])c2N2[CH-]N(c3[c-]c(Oc4[c-]c5c(cc4)c4c(CCC)c(CCCCCCCC)ccc4n5-c4cc(C(C)(C)C)ccn4)ccc3)c3ccccc32)c([2H])c(C(C)(C)C)c1[2H].[Pt]. The smallest absolute Gasteiger partial charge is 0.135 e. The summed E-state index contributed by atoms with van der Waals surface area (Å²) in [5, 5.41) is 2.34. The molecule has 0 atom stereocenters. The van der Waals surface area contributed by atoms with Crippen molar-refractivity contribution in [2.75, 3.05) is 9.80 Å². The fourth-order valence-electron chi connectivity index (χ4n) is 11.7.